The summed E-state index contributed by atoms with van der Waals surface area (Å²) in [4.78, 5) is 25.6. The highest BCUT2D eigenvalue weighted by molar-refractivity contribution is 8.00. The molecule has 1 aromatic heterocycles. The van der Waals surface area contributed by atoms with Gasteiger partial charge in [0.25, 0.3) is 5.91 Å². The van der Waals surface area contributed by atoms with Gasteiger partial charge in [0, 0.05) is 21.7 Å². The van der Waals surface area contributed by atoms with Crippen molar-refractivity contribution in [3.8, 4) is 0 Å². The summed E-state index contributed by atoms with van der Waals surface area (Å²) in [7, 11) is 0. The van der Waals surface area contributed by atoms with E-state index in [9.17, 15) is 9.59 Å². The summed E-state index contributed by atoms with van der Waals surface area (Å²) in [6.07, 6.45) is 0. The zero-order valence-electron chi connectivity index (χ0n) is 15.5. The van der Waals surface area contributed by atoms with Crippen molar-refractivity contribution in [2.45, 2.75) is 24.0 Å². The maximum atomic E-state index is 12.5. The van der Waals surface area contributed by atoms with Crippen molar-refractivity contribution in [3.05, 3.63) is 69.9 Å². The summed E-state index contributed by atoms with van der Waals surface area (Å²) in [5.74, 6) is 0.442. The molecule has 2 aromatic carbocycles. The summed E-state index contributed by atoms with van der Waals surface area (Å²) in [5, 5.41) is 9.60. The highest BCUT2D eigenvalue weighted by Gasteiger charge is 2.17. The molecule has 3 rings (SSSR count). The lowest BCUT2D eigenvalue weighted by atomic mass is 10.2. The Morgan fingerprint density at radius 2 is 1.90 bits per heavy atom. The number of hydrogen-bond acceptors (Lipinski definition) is 5. The van der Waals surface area contributed by atoms with Gasteiger partial charge in [-0.15, -0.1) is 11.8 Å². The van der Waals surface area contributed by atoms with E-state index in [1.54, 1.807) is 50.2 Å². The fourth-order valence-corrected chi connectivity index (χ4v) is 3.85. The molecule has 0 radical (unpaired) electrons. The lowest BCUT2D eigenvalue weighted by Crippen LogP contribution is -2.22. The lowest BCUT2D eigenvalue weighted by molar-refractivity contribution is -0.115. The summed E-state index contributed by atoms with van der Waals surface area (Å²) in [6.45, 7) is 3.53. The molecule has 0 saturated carbocycles. The molecule has 2 N–H and O–H groups in total. The van der Waals surface area contributed by atoms with E-state index in [0.717, 1.165) is 4.90 Å². The van der Waals surface area contributed by atoms with Crippen molar-refractivity contribution in [2.75, 3.05) is 10.6 Å². The lowest BCUT2D eigenvalue weighted by Gasteiger charge is -2.12. The van der Waals surface area contributed by atoms with Crippen LogP contribution < -0.4 is 10.6 Å². The molecule has 1 atom stereocenters. The summed E-state index contributed by atoms with van der Waals surface area (Å²) < 4.78 is 4.94. The highest BCUT2D eigenvalue weighted by Crippen LogP contribution is 2.27. The van der Waals surface area contributed by atoms with Gasteiger partial charge in [-0.05, 0) is 50.2 Å². The van der Waals surface area contributed by atoms with Gasteiger partial charge in [0.05, 0.1) is 15.8 Å². The van der Waals surface area contributed by atoms with E-state index >= 15 is 0 Å². The van der Waals surface area contributed by atoms with Gasteiger partial charge >= 0.3 is 0 Å². The molecule has 0 aliphatic heterocycles. The van der Waals surface area contributed by atoms with E-state index < -0.39 is 0 Å². The van der Waals surface area contributed by atoms with Crippen LogP contribution in [0.4, 0.5) is 11.5 Å². The van der Waals surface area contributed by atoms with Crippen molar-refractivity contribution in [1.29, 1.82) is 0 Å². The van der Waals surface area contributed by atoms with Crippen LogP contribution in [0.5, 0.6) is 0 Å². The molecule has 9 heteroatoms. The molecule has 0 aliphatic carbocycles. The molecule has 150 valence electrons. The summed E-state index contributed by atoms with van der Waals surface area (Å²) in [6, 6.07) is 13.5. The third-order valence-electron chi connectivity index (χ3n) is 3.83. The number of anilines is 2. The molecule has 1 heterocycles. The SMILES string of the molecule is Cc1cc(NC(=O)C(C)Sc2cccc(NC(=O)c3ccc(Cl)cc3Cl)c2)no1. The predicted octanol–water partition coefficient (Wildman–Crippen LogP) is 5.66. The molecule has 3 aromatic rings. The number of hydrogen-bond donors (Lipinski definition) is 2. The van der Waals surface area contributed by atoms with Crippen molar-refractivity contribution in [1.82, 2.24) is 5.16 Å². The number of benzene rings is 2. The van der Waals surface area contributed by atoms with Crippen LogP contribution in [0.3, 0.4) is 0 Å². The first-order valence-corrected chi connectivity index (χ1v) is 10.2. The molecule has 29 heavy (non-hydrogen) atoms. The summed E-state index contributed by atoms with van der Waals surface area (Å²) in [5.41, 5.74) is 0.913. The van der Waals surface area contributed by atoms with Crippen LogP contribution in [-0.2, 0) is 4.79 Å². The van der Waals surface area contributed by atoms with Crippen molar-refractivity contribution >= 4 is 58.3 Å². The number of halogens is 2. The Morgan fingerprint density at radius 1 is 1.10 bits per heavy atom. The van der Waals surface area contributed by atoms with Crippen molar-refractivity contribution in [3.63, 3.8) is 0 Å². The van der Waals surface area contributed by atoms with Gasteiger partial charge in [-0.3, -0.25) is 9.59 Å². The minimum atomic E-state index is -0.385. The third kappa shape index (κ3) is 5.76. The van der Waals surface area contributed by atoms with Crippen molar-refractivity contribution in [2.24, 2.45) is 0 Å². The fourth-order valence-electron chi connectivity index (χ4n) is 2.43. The number of aryl methyl sites for hydroxylation is 1. The topological polar surface area (TPSA) is 84.2 Å². The third-order valence-corrected chi connectivity index (χ3v) is 5.47. The van der Waals surface area contributed by atoms with Crippen LogP contribution in [0.25, 0.3) is 0 Å². The molecule has 0 fully saturated rings. The van der Waals surface area contributed by atoms with E-state index in [0.29, 0.717) is 27.9 Å². The molecule has 0 aliphatic rings. The van der Waals surface area contributed by atoms with Gasteiger partial charge in [0.2, 0.25) is 5.91 Å². The molecule has 1 unspecified atom stereocenters. The Hall–Kier alpha value is -2.48. The molecular formula is C20H17Cl2N3O3S. The fraction of sp³-hybridized carbons (Fsp3) is 0.150. The Labute approximate surface area is 181 Å². The quantitative estimate of drug-likeness (QED) is 0.474. The largest absolute Gasteiger partial charge is 0.360 e. The zero-order valence-corrected chi connectivity index (χ0v) is 17.9. The number of carbonyl (C=O) groups is 2. The zero-order chi connectivity index (χ0) is 21.0. The Bertz CT molecular complexity index is 1050. The number of aromatic nitrogens is 1. The standard InChI is InChI=1S/C20H17Cl2N3O3S/c1-11-8-18(25-28-11)24-19(26)12(2)29-15-5-3-4-14(10-15)23-20(27)16-7-6-13(21)9-17(16)22/h3-10,12H,1-2H3,(H,23,27)(H,24,25,26). The second-order valence-corrected chi connectivity index (χ2v) is 8.44. The van der Waals surface area contributed by atoms with Crippen molar-refractivity contribution < 1.29 is 14.1 Å². The highest BCUT2D eigenvalue weighted by atomic mass is 35.5. The number of nitrogens with one attached hydrogen (secondary N) is 2. The maximum absolute atomic E-state index is 12.5. The van der Waals surface area contributed by atoms with Crippen LogP contribution >= 0.6 is 35.0 Å². The number of rotatable bonds is 6. The number of amides is 2. The Morgan fingerprint density at radius 3 is 2.59 bits per heavy atom. The van der Waals surface area contributed by atoms with Crippen LogP contribution in [0, 0.1) is 6.92 Å². The summed E-state index contributed by atoms with van der Waals surface area (Å²) >= 11 is 13.3. The van der Waals surface area contributed by atoms with Crippen LogP contribution in [0.2, 0.25) is 10.0 Å². The minimum absolute atomic E-state index is 0.203. The second-order valence-electron chi connectivity index (χ2n) is 6.18. The number of thioether (sulfide) groups is 1. The van der Waals surface area contributed by atoms with E-state index in [4.69, 9.17) is 27.7 Å². The number of nitrogens with zero attached hydrogens (tertiary/aromatic N) is 1. The minimum Gasteiger partial charge on any atom is -0.360 e. The molecule has 0 bridgehead atoms. The normalized spacial score (nSPS) is 11.7. The van der Waals surface area contributed by atoms with Crippen LogP contribution in [0.15, 0.2) is 57.9 Å². The average molecular weight is 450 g/mol. The average Bonchev–Trinajstić information content (AvgIpc) is 3.06. The first-order chi connectivity index (χ1) is 13.8. The van der Waals surface area contributed by atoms with Crippen LogP contribution in [0.1, 0.15) is 23.0 Å². The molecular weight excluding hydrogens is 433 g/mol. The smallest absolute Gasteiger partial charge is 0.257 e. The first-order valence-electron chi connectivity index (χ1n) is 8.59. The molecule has 0 saturated heterocycles. The van der Waals surface area contributed by atoms with Gasteiger partial charge < -0.3 is 15.2 Å². The Balaban J connectivity index is 1.64. The Kier molecular flexibility index (Phi) is 6.84. The van der Waals surface area contributed by atoms with Crippen LogP contribution in [-0.4, -0.2) is 22.2 Å². The van der Waals surface area contributed by atoms with Gasteiger partial charge in [0.15, 0.2) is 5.82 Å². The van der Waals surface area contributed by atoms with E-state index in [1.165, 1.54) is 17.8 Å². The van der Waals surface area contributed by atoms with Gasteiger partial charge in [0.1, 0.15) is 5.76 Å². The maximum Gasteiger partial charge on any atom is 0.257 e. The van der Waals surface area contributed by atoms with E-state index in [-0.39, 0.29) is 22.1 Å². The first kappa shape index (κ1) is 21.2. The second kappa shape index (κ2) is 9.35. The predicted molar refractivity (Wildman–Crippen MR) is 116 cm³/mol. The van der Waals surface area contributed by atoms with Gasteiger partial charge in [-0.25, -0.2) is 0 Å². The van der Waals surface area contributed by atoms with Gasteiger partial charge in [-0.1, -0.05) is 34.4 Å². The van der Waals surface area contributed by atoms with Gasteiger partial charge in [-0.2, -0.15) is 0 Å². The number of carbonyl (C=O) groups excluding carboxylic acids is 2. The molecule has 2 amide bonds. The molecule has 0 spiro atoms. The monoisotopic (exact) mass is 449 g/mol. The van der Waals surface area contributed by atoms with E-state index in [2.05, 4.69) is 15.8 Å². The van der Waals surface area contributed by atoms with E-state index in [1.807, 2.05) is 6.07 Å². The molecule has 6 nitrogen and oxygen atoms in total.